The number of anilines is 1. The molecule has 0 saturated carbocycles. The third-order valence-electron chi connectivity index (χ3n) is 5.01. The SMILES string of the molecule is COc1ccc(-c2nc3cc(NC(=S)NC(=O)c4sc5cc(Cl)ccc5c4Cl)ccc3o2)cc1. The first kappa shape index (κ1) is 22.6. The van der Waals surface area contributed by atoms with E-state index in [1.165, 1.54) is 11.3 Å². The summed E-state index contributed by atoms with van der Waals surface area (Å²) in [5, 5.41) is 7.52. The molecule has 2 aromatic heterocycles. The summed E-state index contributed by atoms with van der Waals surface area (Å²) in [7, 11) is 1.61. The molecule has 5 rings (SSSR count). The number of ether oxygens (including phenoxy) is 1. The zero-order chi connectivity index (χ0) is 23.8. The van der Waals surface area contributed by atoms with Gasteiger partial charge in [0, 0.05) is 26.4 Å². The molecule has 0 bridgehead atoms. The van der Waals surface area contributed by atoms with Crippen molar-refractivity contribution in [2.75, 3.05) is 12.4 Å². The predicted molar refractivity (Wildman–Crippen MR) is 142 cm³/mol. The molecule has 10 heteroatoms. The van der Waals surface area contributed by atoms with Gasteiger partial charge in [0.1, 0.15) is 16.1 Å². The lowest BCUT2D eigenvalue weighted by atomic mass is 10.2. The maximum atomic E-state index is 12.8. The van der Waals surface area contributed by atoms with E-state index >= 15 is 0 Å². The second kappa shape index (κ2) is 9.23. The molecule has 0 fully saturated rings. The van der Waals surface area contributed by atoms with Crippen molar-refractivity contribution in [3.63, 3.8) is 0 Å². The van der Waals surface area contributed by atoms with Crippen molar-refractivity contribution in [1.82, 2.24) is 10.3 Å². The van der Waals surface area contributed by atoms with E-state index in [1.807, 2.05) is 24.3 Å². The summed E-state index contributed by atoms with van der Waals surface area (Å²) in [4.78, 5) is 17.7. The lowest BCUT2D eigenvalue weighted by Crippen LogP contribution is -2.33. The highest BCUT2D eigenvalue weighted by atomic mass is 35.5. The van der Waals surface area contributed by atoms with Gasteiger partial charge in [0.2, 0.25) is 5.89 Å². The Balaban J connectivity index is 1.31. The average Bonchev–Trinajstić information content (AvgIpc) is 3.39. The minimum atomic E-state index is -0.399. The maximum absolute atomic E-state index is 12.8. The largest absolute Gasteiger partial charge is 0.497 e. The van der Waals surface area contributed by atoms with Crippen molar-refractivity contribution >= 4 is 84.6 Å². The molecule has 1 amide bonds. The lowest BCUT2D eigenvalue weighted by molar-refractivity contribution is 0.0982. The third-order valence-corrected chi connectivity index (χ3v) is 7.10. The number of carbonyl (C=O) groups excluding carboxylic acids is 1. The van der Waals surface area contributed by atoms with Gasteiger partial charge in [-0.25, -0.2) is 4.98 Å². The first-order valence-corrected chi connectivity index (χ1v) is 11.9. The number of thiocarbonyl (C=S) groups is 1. The number of aromatic nitrogens is 1. The monoisotopic (exact) mass is 527 g/mol. The number of hydrogen-bond donors (Lipinski definition) is 2. The molecule has 6 nitrogen and oxygen atoms in total. The number of halogens is 2. The van der Waals surface area contributed by atoms with Crippen LogP contribution in [0.25, 0.3) is 32.6 Å². The van der Waals surface area contributed by atoms with Gasteiger partial charge in [-0.05, 0) is 66.8 Å². The Morgan fingerprint density at radius 2 is 1.88 bits per heavy atom. The summed E-state index contributed by atoms with van der Waals surface area (Å²) >= 11 is 19.0. The fraction of sp³-hybridized carbons (Fsp3) is 0.0417. The number of rotatable bonds is 4. The molecule has 0 saturated heterocycles. The van der Waals surface area contributed by atoms with E-state index in [0.717, 1.165) is 21.4 Å². The average molecular weight is 528 g/mol. The standard InChI is InChI=1S/C24H15Cl2N3O3S2/c1-31-15-6-2-12(3-7-15)23-28-17-11-14(5-9-18(17)32-23)27-24(33)29-22(30)21-20(26)16-8-4-13(25)10-19(16)34-21/h2-11H,1H3,(H2,27,29,30,33). The van der Waals surface area contributed by atoms with Gasteiger partial charge in [-0.3, -0.25) is 10.1 Å². The van der Waals surface area contributed by atoms with Crippen LogP contribution in [0.5, 0.6) is 5.75 Å². The maximum Gasteiger partial charge on any atom is 0.269 e. The number of benzene rings is 3. The zero-order valence-corrected chi connectivity index (χ0v) is 20.7. The van der Waals surface area contributed by atoms with Crippen LogP contribution in [0.2, 0.25) is 10.0 Å². The third kappa shape index (κ3) is 4.45. The smallest absolute Gasteiger partial charge is 0.269 e. The highest BCUT2D eigenvalue weighted by Gasteiger charge is 2.18. The molecule has 0 unspecified atom stereocenters. The van der Waals surface area contributed by atoms with Crippen LogP contribution in [0, 0.1) is 0 Å². The molecule has 34 heavy (non-hydrogen) atoms. The minimum Gasteiger partial charge on any atom is -0.497 e. The van der Waals surface area contributed by atoms with Gasteiger partial charge >= 0.3 is 0 Å². The molecule has 2 heterocycles. The highest BCUT2D eigenvalue weighted by molar-refractivity contribution is 7.80. The number of methoxy groups -OCH3 is 1. The van der Waals surface area contributed by atoms with Gasteiger partial charge in [-0.15, -0.1) is 11.3 Å². The molecule has 2 N–H and O–H groups in total. The van der Waals surface area contributed by atoms with Crippen LogP contribution < -0.4 is 15.4 Å². The Morgan fingerprint density at radius 1 is 1.09 bits per heavy atom. The van der Waals surface area contributed by atoms with Crippen molar-refractivity contribution in [2.45, 2.75) is 0 Å². The van der Waals surface area contributed by atoms with Crippen LogP contribution in [-0.2, 0) is 0 Å². The Kier molecular flexibility index (Phi) is 6.14. The molecule has 0 aliphatic rings. The van der Waals surface area contributed by atoms with E-state index in [-0.39, 0.29) is 5.11 Å². The molecule has 5 aromatic rings. The Labute approximate surface area is 213 Å². The van der Waals surface area contributed by atoms with Crippen molar-refractivity contribution < 1.29 is 13.9 Å². The summed E-state index contributed by atoms with van der Waals surface area (Å²) in [5.41, 5.74) is 2.76. The molecule has 0 aliphatic carbocycles. The summed E-state index contributed by atoms with van der Waals surface area (Å²) < 4.78 is 11.9. The van der Waals surface area contributed by atoms with Crippen LogP contribution >= 0.6 is 46.8 Å². The van der Waals surface area contributed by atoms with E-state index in [1.54, 1.807) is 43.5 Å². The molecule has 0 atom stereocenters. The van der Waals surface area contributed by atoms with E-state index < -0.39 is 5.91 Å². The van der Waals surface area contributed by atoms with Crippen molar-refractivity contribution in [3.8, 4) is 17.2 Å². The van der Waals surface area contributed by atoms with Gasteiger partial charge < -0.3 is 14.5 Å². The van der Waals surface area contributed by atoms with Gasteiger partial charge in [-0.1, -0.05) is 29.3 Å². The quantitative estimate of drug-likeness (QED) is 0.241. The number of thiophene rings is 1. The van der Waals surface area contributed by atoms with E-state index in [0.29, 0.717) is 37.6 Å². The number of nitrogens with zero attached hydrogens (tertiary/aromatic N) is 1. The molecular formula is C24H15Cl2N3O3S2. The van der Waals surface area contributed by atoms with Crippen LogP contribution in [0.4, 0.5) is 5.69 Å². The predicted octanol–water partition coefficient (Wildman–Crippen LogP) is 7.15. The summed E-state index contributed by atoms with van der Waals surface area (Å²) in [6.07, 6.45) is 0. The van der Waals surface area contributed by atoms with Gasteiger partial charge in [-0.2, -0.15) is 0 Å². The lowest BCUT2D eigenvalue weighted by Gasteiger charge is -2.08. The molecule has 3 aromatic carbocycles. The molecular weight excluding hydrogens is 513 g/mol. The summed E-state index contributed by atoms with van der Waals surface area (Å²) in [6, 6.07) is 18.1. The van der Waals surface area contributed by atoms with Gasteiger partial charge in [0.05, 0.1) is 12.1 Å². The Hall–Kier alpha value is -3.17. The molecule has 0 radical (unpaired) electrons. The number of hydrogen-bond acceptors (Lipinski definition) is 6. The Morgan fingerprint density at radius 3 is 2.65 bits per heavy atom. The summed E-state index contributed by atoms with van der Waals surface area (Å²) in [6.45, 7) is 0. The van der Waals surface area contributed by atoms with Crippen LogP contribution in [0.15, 0.2) is 65.1 Å². The second-order valence-corrected chi connectivity index (χ2v) is 9.50. The number of oxazole rings is 1. The first-order valence-electron chi connectivity index (χ1n) is 9.96. The molecule has 170 valence electrons. The summed E-state index contributed by atoms with van der Waals surface area (Å²) in [5.74, 6) is 0.844. The number of nitrogens with one attached hydrogen (secondary N) is 2. The van der Waals surface area contributed by atoms with Crippen LogP contribution in [0.1, 0.15) is 9.67 Å². The first-order chi connectivity index (χ1) is 16.4. The second-order valence-electron chi connectivity index (χ2n) is 7.22. The van der Waals surface area contributed by atoms with Crippen LogP contribution in [0.3, 0.4) is 0 Å². The number of amides is 1. The van der Waals surface area contributed by atoms with E-state index in [4.69, 9.17) is 44.6 Å². The van der Waals surface area contributed by atoms with Crippen LogP contribution in [-0.4, -0.2) is 23.1 Å². The van der Waals surface area contributed by atoms with Crippen molar-refractivity contribution in [2.24, 2.45) is 0 Å². The fourth-order valence-electron chi connectivity index (χ4n) is 3.37. The Bertz CT molecular complexity index is 1560. The minimum absolute atomic E-state index is 0.134. The van der Waals surface area contributed by atoms with Gasteiger partial charge in [0.15, 0.2) is 10.7 Å². The normalized spacial score (nSPS) is 11.0. The topological polar surface area (TPSA) is 76.4 Å². The molecule has 0 spiro atoms. The fourth-order valence-corrected chi connectivity index (χ4v) is 5.27. The number of carbonyl (C=O) groups is 1. The van der Waals surface area contributed by atoms with E-state index in [9.17, 15) is 4.79 Å². The highest BCUT2D eigenvalue weighted by Crippen LogP contribution is 2.36. The molecule has 0 aliphatic heterocycles. The van der Waals surface area contributed by atoms with Crippen molar-refractivity contribution in [3.05, 3.63) is 75.6 Å². The van der Waals surface area contributed by atoms with E-state index in [2.05, 4.69) is 15.6 Å². The van der Waals surface area contributed by atoms with Crippen molar-refractivity contribution in [1.29, 1.82) is 0 Å². The zero-order valence-electron chi connectivity index (χ0n) is 17.5. The number of fused-ring (bicyclic) bond motifs is 2. The van der Waals surface area contributed by atoms with Gasteiger partial charge in [0.25, 0.3) is 5.91 Å².